The smallest absolute Gasteiger partial charge is 0.253 e. The van der Waals surface area contributed by atoms with Gasteiger partial charge < -0.3 is 14.1 Å². The Hall–Kier alpha value is -2.81. The van der Waals surface area contributed by atoms with Crippen molar-refractivity contribution in [1.29, 1.82) is 0 Å². The molecule has 1 aliphatic heterocycles. The SMILES string of the molecule is CCc1nnc(-c2c(F)cc(OCCCC3CCN(c4cnc(Cl)cn4)CC3)cc2F)o1. The Labute approximate surface area is 189 Å². The molecule has 3 aromatic rings. The Kier molecular flexibility index (Phi) is 7.14. The first-order valence-electron chi connectivity index (χ1n) is 10.7. The number of hydrogen-bond acceptors (Lipinski definition) is 7. The maximum atomic E-state index is 14.4. The molecule has 1 aromatic carbocycles. The standard InChI is InChI=1S/C22H24ClF2N5O2/c1-2-20-28-29-22(32-20)21-16(24)10-15(11-17(21)25)31-9-3-4-14-5-7-30(8-6-14)19-13-26-18(23)12-27-19/h10-14H,2-9H2,1H3. The predicted octanol–water partition coefficient (Wildman–Crippen LogP) is 5.10. The molecule has 0 amide bonds. The zero-order valence-corrected chi connectivity index (χ0v) is 18.5. The minimum Gasteiger partial charge on any atom is -0.493 e. The molecule has 0 N–H and O–H groups in total. The number of ether oxygens (including phenoxy) is 1. The van der Waals surface area contributed by atoms with Gasteiger partial charge in [0, 0.05) is 31.6 Å². The van der Waals surface area contributed by atoms with Gasteiger partial charge in [0.2, 0.25) is 5.89 Å². The first-order chi connectivity index (χ1) is 15.5. The molecule has 0 bridgehead atoms. The Bertz CT molecular complexity index is 1020. The average molecular weight is 464 g/mol. The third-order valence-corrected chi connectivity index (χ3v) is 5.76. The second-order valence-corrected chi connectivity index (χ2v) is 8.12. The number of nitrogens with zero attached hydrogens (tertiary/aromatic N) is 5. The third kappa shape index (κ3) is 5.32. The van der Waals surface area contributed by atoms with Crippen LogP contribution in [0.3, 0.4) is 0 Å². The molecule has 3 heterocycles. The molecule has 0 atom stereocenters. The molecule has 4 rings (SSSR count). The minimum atomic E-state index is -0.788. The van der Waals surface area contributed by atoms with Gasteiger partial charge in [-0.1, -0.05) is 18.5 Å². The van der Waals surface area contributed by atoms with Gasteiger partial charge in [-0.3, -0.25) is 0 Å². The van der Waals surface area contributed by atoms with E-state index in [1.54, 1.807) is 12.4 Å². The second kappa shape index (κ2) is 10.2. The summed E-state index contributed by atoms with van der Waals surface area (Å²) in [4.78, 5) is 10.6. The predicted molar refractivity (Wildman–Crippen MR) is 116 cm³/mol. The largest absolute Gasteiger partial charge is 0.493 e. The molecule has 1 aliphatic rings. The van der Waals surface area contributed by atoms with Crippen LogP contribution in [-0.4, -0.2) is 39.9 Å². The van der Waals surface area contributed by atoms with E-state index in [1.165, 1.54) is 0 Å². The van der Waals surface area contributed by atoms with Crippen LogP contribution in [0.15, 0.2) is 28.9 Å². The van der Waals surface area contributed by atoms with Gasteiger partial charge in [0.05, 0.1) is 19.0 Å². The van der Waals surface area contributed by atoms with Gasteiger partial charge in [-0.2, -0.15) is 0 Å². The van der Waals surface area contributed by atoms with Crippen molar-refractivity contribution >= 4 is 17.4 Å². The molecule has 1 fully saturated rings. The molecule has 7 nitrogen and oxygen atoms in total. The quantitative estimate of drug-likeness (QED) is 0.430. The average Bonchev–Trinajstić information content (AvgIpc) is 3.26. The molecular weight excluding hydrogens is 440 g/mol. The Morgan fingerprint density at radius 3 is 2.50 bits per heavy atom. The molecule has 2 aromatic heterocycles. The fourth-order valence-corrected chi connectivity index (χ4v) is 3.91. The van der Waals surface area contributed by atoms with Gasteiger partial charge in [-0.05, 0) is 31.6 Å². The zero-order valence-electron chi connectivity index (χ0n) is 17.7. The number of aromatic nitrogens is 4. The number of piperidine rings is 1. The van der Waals surface area contributed by atoms with Crippen molar-refractivity contribution < 1.29 is 17.9 Å². The van der Waals surface area contributed by atoms with Crippen LogP contribution in [0.5, 0.6) is 5.75 Å². The molecule has 1 saturated heterocycles. The first kappa shape index (κ1) is 22.4. The normalized spacial score (nSPS) is 14.7. The van der Waals surface area contributed by atoms with Crippen molar-refractivity contribution in [3.8, 4) is 17.2 Å². The van der Waals surface area contributed by atoms with Crippen LogP contribution in [0.4, 0.5) is 14.6 Å². The lowest BCUT2D eigenvalue weighted by Crippen LogP contribution is -2.34. The number of halogens is 3. The van der Waals surface area contributed by atoms with E-state index in [9.17, 15) is 8.78 Å². The highest BCUT2D eigenvalue weighted by Crippen LogP contribution is 2.30. The highest BCUT2D eigenvalue weighted by Gasteiger charge is 2.21. The molecule has 0 aliphatic carbocycles. The summed E-state index contributed by atoms with van der Waals surface area (Å²) in [5.74, 6) is 0.153. The lowest BCUT2D eigenvalue weighted by Gasteiger charge is -2.32. The summed E-state index contributed by atoms with van der Waals surface area (Å²) in [5.41, 5.74) is -0.332. The monoisotopic (exact) mass is 463 g/mol. The van der Waals surface area contributed by atoms with Crippen molar-refractivity contribution in [2.45, 2.75) is 39.0 Å². The van der Waals surface area contributed by atoms with E-state index in [0.29, 0.717) is 30.0 Å². The van der Waals surface area contributed by atoms with E-state index in [4.69, 9.17) is 20.8 Å². The van der Waals surface area contributed by atoms with Crippen molar-refractivity contribution in [3.63, 3.8) is 0 Å². The van der Waals surface area contributed by atoms with Gasteiger partial charge in [0.1, 0.15) is 33.9 Å². The van der Waals surface area contributed by atoms with Gasteiger partial charge in [0.15, 0.2) is 0 Å². The first-order valence-corrected chi connectivity index (χ1v) is 11.1. The molecular formula is C22H24ClF2N5O2. The number of hydrogen-bond donors (Lipinski definition) is 0. The van der Waals surface area contributed by atoms with Crippen LogP contribution in [-0.2, 0) is 6.42 Å². The summed E-state index contributed by atoms with van der Waals surface area (Å²) >= 11 is 5.79. The van der Waals surface area contributed by atoms with Crippen molar-refractivity contribution in [3.05, 3.63) is 47.2 Å². The van der Waals surface area contributed by atoms with Crippen LogP contribution >= 0.6 is 11.6 Å². The van der Waals surface area contributed by atoms with Crippen LogP contribution in [0.25, 0.3) is 11.5 Å². The summed E-state index contributed by atoms with van der Waals surface area (Å²) < 4.78 is 39.7. The lowest BCUT2D eigenvalue weighted by atomic mass is 9.92. The number of anilines is 1. The van der Waals surface area contributed by atoms with E-state index in [-0.39, 0.29) is 17.2 Å². The van der Waals surface area contributed by atoms with E-state index < -0.39 is 11.6 Å². The third-order valence-electron chi connectivity index (χ3n) is 5.57. The summed E-state index contributed by atoms with van der Waals surface area (Å²) in [5, 5.41) is 7.85. The Morgan fingerprint density at radius 2 is 1.88 bits per heavy atom. The second-order valence-electron chi connectivity index (χ2n) is 7.73. The molecule has 0 spiro atoms. The summed E-state index contributed by atoms with van der Waals surface area (Å²) in [6.45, 7) is 4.03. The number of aryl methyl sites for hydroxylation is 1. The molecule has 0 radical (unpaired) electrons. The maximum absolute atomic E-state index is 14.4. The number of rotatable bonds is 8. The van der Waals surface area contributed by atoms with E-state index in [0.717, 1.165) is 56.7 Å². The summed E-state index contributed by atoms with van der Waals surface area (Å²) in [6, 6.07) is 2.31. The lowest BCUT2D eigenvalue weighted by molar-refractivity contribution is 0.277. The molecule has 170 valence electrons. The molecule has 32 heavy (non-hydrogen) atoms. The van der Waals surface area contributed by atoms with Crippen molar-refractivity contribution in [1.82, 2.24) is 20.2 Å². The summed E-state index contributed by atoms with van der Waals surface area (Å²) in [7, 11) is 0. The molecule has 10 heteroatoms. The zero-order chi connectivity index (χ0) is 22.5. The van der Waals surface area contributed by atoms with E-state index >= 15 is 0 Å². The fourth-order valence-electron chi connectivity index (χ4n) is 3.82. The van der Waals surface area contributed by atoms with Crippen molar-refractivity contribution in [2.75, 3.05) is 24.6 Å². The molecule has 0 unspecified atom stereocenters. The maximum Gasteiger partial charge on any atom is 0.253 e. The van der Waals surface area contributed by atoms with Gasteiger partial charge >= 0.3 is 0 Å². The van der Waals surface area contributed by atoms with Crippen LogP contribution in [0.2, 0.25) is 5.15 Å². The highest BCUT2D eigenvalue weighted by atomic mass is 35.5. The van der Waals surface area contributed by atoms with E-state index in [2.05, 4.69) is 25.1 Å². The van der Waals surface area contributed by atoms with Gasteiger partial charge in [-0.15, -0.1) is 10.2 Å². The summed E-state index contributed by atoms with van der Waals surface area (Å²) in [6.07, 6.45) is 7.64. The van der Waals surface area contributed by atoms with Gasteiger partial charge in [-0.25, -0.2) is 18.7 Å². The van der Waals surface area contributed by atoms with E-state index in [1.807, 2.05) is 6.92 Å². The topological polar surface area (TPSA) is 77.2 Å². The van der Waals surface area contributed by atoms with Crippen molar-refractivity contribution in [2.24, 2.45) is 5.92 Å². The Morgan fingerprint density at radius 1 is 1.12 bits per heavy atom. The van der Waals surface area contributed by atoms with Gasteiger partial charge in [0.25, 0.3) is 5.89 Å². The molecule has 0 saturated carbocycles. The Balaban J connectivity index is 1.23. The minimum absolute atomic E-state index is 0.148. The number of benzene rings is 1. The van der Waals surface area contributed by atoms with Crippen LogP contribution in [0.1, 0.15) is 38.5 Å². The highest BCUT2D eigenvalue weighted by molar-refractivity contribution is 6.29. The fraction of sp³-hybridized carbons (Fsp3) is 0.455. The van der Waals surface area contributed by atoms with Crippen LogP contribution in [0, 0.1) is 17.6 Å². The van der Waals surface area contributed by atoms with Crippen LogP contribution < -0.4 is 9.64 Å².